The standard InChI is InChI=1S/C17H26N2O3/c1-3-15(16(18)20)19-12-17(8-10-22-11-9-17)13-4-6-14(21-2)7-5-13/h4-7,15,19H,3,8-12H2,1-2H3,(H2,18,20). The van der Waals surface area contributed by atoms with Crippen LogP contribution in [0.5, 0.6) is 5.75 Å². The number of benzene rings is 1. The zero-order valence-corrected chi connectivity index (χ0v) is 13.4. The van der Waals surface area contributed by atoms with Gasteiger partial charge in [-0.3, -0.25) is 4.79 Å². The summed E-state index contributed by atoms with van der Waals surface area (Å²) in [5.41, 5.74) is 6.67. The number of hydrogen-bond acceptors (Lipinski definition) is 4. The molecule has 0 aromatic heterocycles. The summed E-state index contributed by atoms with van der Waals surface area (Å²) < 4.78 is 10.8. The summed E-state index contributed by atoms with van der Waals surface area (Å²) in [4.78, 5) is 11.4. The molecule has 0 aliphatic carbocycles. The van der Waals surface area contributed by atoms with Gasteiger partial charge in [0.2, 0.25) is 5.91 Å². The van der Waals surface area contributed by atoms with Crippen molar-refractivity contribution in [2.24, 2.45) is 5.73 Å². The van der Waals surface area contributed by atoms with E-state index in [-0.39, 0.29) is 17.4 Å². The van der Waals surface area contributed by atoms with Gasteiger partial charge in [-0.1, -0.05) is 19.1 Å². The van der Waals surface area contributed by atoms with Gasteiger partial charge >= 0.3 is 0 Å². The van der Waals surface area contributed by atoms with Gasteiger partial charge in [0.05, 0.1) is 13.2 Å². The first-order valence-electron chi connectivity index (χ1n) is 7.86. The number of amides is 1. The molecule has 22 heavy (non-hydrogen) atoms. The first-order chi connectivity index (χ1) is 10.6. The Kier molecular flexibility index (Phi) is 5.80. The van der Waals surface area contributed by atoms with Crippen molar-refractivity contribution < 1.29 is 14.3 Å². The van der Waals surface area contributed by atoms with Crippen LogP contribution in [0.15, 0.2) is 24.3 Å². The van der Waals surface area contributed by atoms with Crippen LogP contribution in [0.2, 0.25) is 0 Å². The number of carbonyl (C=O) groups is 1. The van der Waals surface area contributed by atoms with Gasteiger partial charge in [-0.05, 0) is 37.0 Å². The highest BCUT2D eigenvalue weighted by Crippen LogP contribution is 2.35. The fraction of sp³-hybridized carbons (Fsp3) is 0.588. The summed E-state index contributed by atoms with van der Waals surface area (Å²) in [6.07, 6.45) is 2.56. The molecular formula is C17H26N2O3. The van der Waals surface area contributed by atoms with E-state index in [1.54, 1.807) is 7.11 Å². The highest BCUT2D eigenvalue weighted by molar-refractivity contribution is 5.79. The average molecular weight is 306 g/mol. The van der Waals surface area contributed by atoms with Crippen LogP contribution in [-0.2, 0) is 14.9 Å². The predicted octanol–water partition coefficient (Wildman–Crippen LogP) is 1.60. The van der Waals surface area contributed by atoms with E-state index in [1.807, 2.05) is 19.1 Å². The van der Waals surface area contributed by atoms with Gasteiger partial charge in [-0.15, -0.1) is 0 Å². The largest absolute Gasteiger partial charge is 0.497 e. The summed E-state index contributed by atoms with van der Waals surface area (Å²) in [6.45, 7) is 4.17. The molecule has 1 fully saturated rings. The molecule has 1 aliphatic rings. The Bertz CT molecular complexity index is 481. The molecule has 0 spiro atoms. The lowest BCUT2D eigenvalue weighted by Gasteiger charge is -2.39. The molecule has 1 aliphatic heterocycles. The highest BCUT2D eigenvalue weighted by Gasteiger charge is 2.35. The minimum absolute atomic E-state index is 0.0204. The van der Waals surface area contributed by atoms with E-state index in [0.717, 1.165) is 38.3 Å². The number of carbonyl (C=O) groups excluding carboxylic acids is 1. The molecule has 0 saturated carbocycles. The van der Waals surface area contributed by atoms with Gasteiger partial charge in [0.15, 0.2) is 0 Å². The van der Waals surface area contributed by atoms with Crippen molar-refractivity contribution in [3.63, 3.8) is 0 Å². The Balaban J connectivity index is 2.17. The van der Waals surface area contributed by atoms with Crippen LogP contribution >= 0.6 is 0 Å². The fourth-order valence-electron chi connectivity index (χ4n) is 3.04. The maximum absolute atomic E-state index is 11.4. The van der Waals surface area contributed by atoms with Crippen molar-refractivity contribution in [3.05, 3.63) is 29.8 Å². The number of nitrogens with two attached hydrogens (primary N) is 1. The van der Waals surface area contributed by atoms with Crippen LogP contribution in [0.1, 0.15) is 31.7 Å². The third kappa shape index (κ3) is 3.78. The Labute approximate surface area is 132 Å². The number of primary amides is 1. The van der Waals surface area contributed by atoms with Crippen LogP contribution in [0.3, 0.4) is 0 Å². The molecule has 0 bridgehead atoms. The monoisotopic (exact) mass is 306 g/mol. The van der Waals surface area contributed by atoms with Crippen LogP contribution in [-0.4, -0.2) is 38.8 Å². The molecule has 0 radical (unpaired) electrons. The van der Waals surface area contributed by atoms with Gasteiger partial charge in [0, 0.05) is 25.2 Å². The second kappa shape index (κ2) is 7.61. The summed E-state index contributed by atoms with van der Waals surface area (Å²) >= 11 is 0. The molecule has 1 aromatic rings. The maximum Gasteiger partial charge on any atom is 0.234 e. The van der Waals surface area contributed by atoms with Crippen molar-refractivity contribution in [2.75, 3.05) is 26.9 Å². The molecule has 1 unspecified atom stereocenters. The van der Waals surface area contributed by atoms with Crippen molar-refractivity contribution in [1.82, 2.24) is 5.32 Å². The molecule has 5 heteroatoms. The Morgan fingerprint density at radius 1 is 1.36 bits per heavy atom. The Hall–Kier alpha value is -1.59. The molecular weight excluding hydrogens is 280 g/mol. The first kappa shape index (κ1) is 16.8. The zero-order valence-electron chi connectivity index (χ0n) is 13.4. The van der Waals surface area contributed by atoms with E-state index in [1.165, 1.54) is 5.56 Å². The normalized spacial score (nSPS) is 18.6. The molecule has 2 rings (SSSR count). The summed E-state index contributed by atoms with van der Waals surface area (Å²) in [5.74, 6) is 0.557. The van der Waals surface area contributed by atoms with E-state index < -0.39 is 0 Å². The summed E-state index contributed by atoms with van der Waals surface area (Å²) in [6, 6.07) is 7.90. The SMILES string of the molecule is CCC(NCC1(c2ccc(OC)cc2)CCOCC1)C(N)=O. The smallest absolute Gasteiger partial charge is 0.234 e. The second-order valence-corrected chi connectivity index (χ2v) is 5.87. The fourth-order valence-corrected chi connectivity index (χ4v) is 3.04. The topological polar surface area (TPSA) is 73.6 Å². The Morgan fingerprint density at radius 2 is 2.00 bits per heavy atom. The van der Waals surface area contributed by atoms with E-state index in [0.29, 0.717) is 6.42 Å². The molecule has 1 saturated heterocycles. The van der Waals surface area contributed by atoms with Crippen molar-refractivity contribution >= 4 is 5.91 Å². The second-order valence-electron chi connectivity index (χ2n) is 5.87. The Morgan fingerprint density at radius 3 is 2.50 bits per heavy atom. The lowest BCUT2D eigenvalue weighted by molar-refractivity contribution is -0.120. The summed E-state index contributed by atoms with van der Waals surface area (Å²) in [7, 11) is 1.67. The maximum atomic E-state index is 11.4. The van der Waals surface area contributed by atoms with E-state index in [4.69, 9.17) is 15.2 Å². The van der Waals surface area contributed by atoms with E-state index in [2.05, 4.69) is 17.4 Å². The van der Waals surface area contributed by atoms with Gasteiger partial charge in [0.1, 0.15) is 5.75 Å². The quantitative estimate of drug-likeness (QED) is 0.802. The molecule has 3 N–H and O–H groups in total. The van der Waals surface area contributed by atoms with Crippen LogP contribution < -0.4 is 15.8 Å². The van der Waals surface area contributed by atoms with Crippen molar-refractivity contribution in [1.29, 1.82) is 0 Å². The number of methoxy groups -OCH3 is 1. The molecule has 5 nitrogen and oxygen atoms in total. The number of hydrogen-bond donors (Lipinski definition) is 2. The minimum Gasteiger partial charge on any atom is -0.497 e. The van der Waals surface area contributed by atoms with Gasteiger partial charge in [0.25, 0.3) is 0 Å². The highest BCUT2D eigenvalue weighted by atomic mass is 16.5. The van der Waals surface area contributed by atoms with Crippen molar-refractivity contribution in [3.8, 4) is 5.75 Å². The molecule has 122 valence electrons. The van der Waals surface area contributed by atoms with Gasteiger partial charge in [-0.2, -0.15) is 0 Å². The van der Waals surface area contributed by atoms with Gasteiger partial charge in [-0.25, -0.2) is 0 Å². The summed E-state index contributed by atoms with van der Waals surface area (Å²) in [5, 5.41) is 3.35. The molecule has 1 aromatic carbocycles. The lowest BCUT2D eigenvalue weighted by Crippen LogP contribution is -2.49. The number of nitrogens with one attached hydrogen (secondary N) is 1. The first-order valence-corrected chi connectivity index (χ1v) is 7.86. The van der Waals surface area contributed by atoms with Crippen LogP contribution in [0, 0.1) is 0 Å². The minimum atomic E-state index is -0.292. The number of rotatable bonds is 7. The zero-order chi connectivity index (χ0) is 16.0. The third-order valence-electron chi connectivity index (χ3n) is 4.59. The molecule has 1 atom stereocenters. The molecule has 1 heterocycles. The van der Waals surface area contributed by atoms with Gasteiger partial charge < -0.3 is 20.5 Å². The third-order valence-corrected chi connectivity index (χ3v) is 4.59. The van der Waals surface area contributed by atoms with Crippen LogP contribution in [0.25, 0.3) is 0 Å². The number of ether oxygens (including phenoxy) is 2. The average Bonchev–Trinajstić information content (AvgIpc) is 2.56. The van der Waals surface area contributed by atoms with Crippen molar-refractivity contribution in [2.45, 2.75) is 37.6 Å². The van der Waals surface area contributed by atoms with E-state index in [9.17, 15) is 4.79 Å². The van der Waals surface area contributed by atoms with E-state index >= 15 is 0 Å². The predicted molar refractivity (Wildman–Crippen MR) is 86.0 cm³/mol. The van der Waals surface area contributed by atoms with Crippen LogP contribution in [0.4, 0.5) is 0 Å². The molecule has 1 amide bonds. The lowest BCUT2D eigenvalue weighted by atomic mass is 9.74.